The number of halogens is 2. The number of aromatic nitrogens is 2. The van der Waals surface area contributed by atoms with Crippen molar-refractivity contribution in [1.29, 1.82) is 0 Å². The number of fused-ring (bicyclic) bond motifs is 1. The van der Waals surface area contributed by atoms with Crippen LogP contribution in [0.2, 0.25) is 0 Å². The molecule has 1 N–H and O–H groups in total. The number of anilines is 2. The Morgan fingerprint density at radius 1 is 1.04 bits per heavy atom. The van der Waals surface area contributed by atoms with E-state index in [1.54, 1.807) is 14.2 Å². The average molecular weight is 397 g/mol. The molecule has 0 radical (unpaired) electrons. The Morgan fingerprint density at radius 2 is 1.87 bits per heavy atom. The lowest BCUT2D eigenvalue weighted by molar-refractivity contribution is 0.415. The van der Waals surface area contributed by atoms with E-state index in [9.17, 15) is 0 Å². The molecule has 0 bridgehead atoms. The maximum Gasteiger partial charge on any atom is 0.145 e. The molecule has 0 saturated heterocycles. The molecule has 0 aliphatic heterocycles. The summed E-state index contributed by atoms with van der Waals surface area (Å²) in [4.78, 5) is 8.62. The van der Waals surface area contributed by atoms with Gasteiger partial charge in [-0.05, 0) is 40.2 Å². The van der Waals surface area contributed by atoms with Gasteiger partial charge in [0.25, 0.3) is 0 Å². The van der Waals surface area contributed by atoms with Gasteiger partial charge in [-0.25, -0.2) is 9.97 Å². The van der Waals surface area contributed by atoms with Gasteiger partial charge in [0, 0.05) is 10.5 Å². The molecule has 0 unspecified atom stereocenters. The Balaban J connectivity index is 0.00000192. The number of benzene rings is 2. The molecule has 0 aliphatic carbocycles. The van der Waals surface area contributed by atoms with Gasteiger partial charge in [-0.15, -0.1) is 12.4 Å². The average Bonchev–Trinajstić information content (AvgIpc) is 2.56. The Bertz CT molecular complexity index is 824. The molecule has 2 aromatic carbocycles. The van der Waals surface area contributed by atoms with Crippen molar-refractivity contribution >= 4 is 50.7 Å². The zero-order chi connectivity index (χ0) is 15.5. The molecule has 23 heavy (non-hydrogen) atoms. The molecule has 0 amide bonds. The van der Waals surface area contributed by atoms with E-state index in [4.69, 9.17) is 9.47 Å². The highest BCUT2D eigenvalue weighted by molar-refractivity contribution is 9.10. The van der Waals surface area contributed by atoms with E-state index >= 15 is 0 Å². The highest BCUT2D eigenvalue weighted by Crippen LogP contribution is 2.34. The van der Waals surface area contributed by atoms with Crippen molar-refractivity contribution in [3.63, 3.8) is 0 Å². The maximum atomic E-state index is 5.42. The topological polar surface area (TPSA) is 56.3 Å². The van der Waals surface area contributed by atoms with E-state index < -0.39 is 0 Å². The standard InChI is InChI=1S/C16H14BrN3O2.ClH/c1-21-10-6-7-11(17)13(8-10)20-16-15-12(18-9-19-16)4-3-5-14(15)22-2;/h3-9H,1-2H3,(H,18,19,20);1H. The normalized spacial score (nSPS) is 10.0. The van der Waals surface area contributed by atoms with E-state index in [1.807, 2.05) is 36.4 Å². The summed E-state index contributed by atoms with van der Waals surface area (Å²) in [6.45, 7) is 0. The number of hydrogen-bond donors (Lipinski definition) is 1. The summed E-state index contributed by atoms with van der Waals surface area (Å²) in [6.07, 6.45) is 1.53. The Kier molecular flexibility index (Phi) is 5.63. The summed E-state index contributed by atoms with van der Waals surface area (Å²) in [7, 11) is 3.27. The van der Waals surface area contributed by atoms with Crippen molar-refractivity contribution in [3.05, 3.63) is 47.2 Å². The first-order chi connectivity index (χ1) is 10.7. The van der Waals surface area contributed by atoms with Crippen LogP contribution in [0.3, 0.4) is 0 Å². The Morgan fingerprint density at radius 3 is 2.61 bits per heavy atom. The summed E-state index contributed by atoms with van der Waals surface area (Å²) in [5.41, 5.74) is 1.67. The smallest absolute Gasteiger partial charge is 0.145 e. The lowest BCUT2D eigenvalue weighted by atomic mass is 10.2. The van der Waals surface area contributed by atoms with Gasteiger partial charge in [0.2, 0.25) is 0 Å². The number of rotatable bonds is 4. The molecule has 7 heteroatoms. The van der Waals surface area contributed by atoms with Crippen LogP contribution in [-0.4, -0.2) is 24.2 Å². The summed E-state index contributed by atoms with van der Waals surface area (Å²) in [6, 6.07) is 11.4. The van der Waals surface area contributed by atoms with Crippen molar-refractivity contribution < 1.29 is 9.47 Å². The quantitative estimate of drug-likeness (QED) is 0.700. The second-order valence-electron chi connectivity index (χ2n) is 4.55. The monoisotopic (exact) mass is 395 g/mol. The third-order valence-electron chi connectivity index (χ3n) is 3.27. The van der Waals surface area contributed by atoms with Gasteiger partial charge in [-0.3, -0.25) is 0 Å². The molecule has 0 spiro atoms. The zero-order valence-electron chi connectivity index (χ0n) is 12.5. The third-order valence-corrected chi connectivity index (χ3v) is 3.96. The van der Waals surface area contributed by atoms with Crippen LogP contribution in [-0.2, 0) is 0 Å². The molecule has 0 fully saturated rings. The summed E-state index contributed by atoms with van der Waals surface area (Å²) >= 11 is 3.52. The number of hydrogen-bond acceptors (Lipinski definition) is 5. The van der Waals surface area contributed by atoms with Gasteiger partial charge >= 0.3 is 0 Å². The number of ether oxygens (including phenoxy) is 2. The molecule has 120 valence electrons. The van der Waals surface area contributed by atoms with Crippen LogP contribution in [0.4, 0.5) is 11.5 Å². The molecule has 3 rings (SSSR count). The molecular weight excluding hydrogens is 382 g/mol. The van der Waals surface area contributed by atoms with Crippen LogP contribution in [0.25, 0.3) is 10.9 Å². The van der Waals surface area contributed by atoms with Crippen molar-refractivity contribution in [2.24, 2.45) is 0 Å². The SMILES string of the molecule is COc1ccc(Br)c(Nc2ncnc3cccc(OC)c23)c1.Cl. The lowest BCUT2D eigenvalue weighted by Crippen LogP contribution is -1.99. The number of methoxy groups -OCH3 is 2. The van der Waals surface area contributed by atoms with Crippen LogP contribution in [0.1, 0.15) is 0 Å². The van der Waals surface area contributed by atoms with Crippen molar-refractivity contribution in [1.82, 2.24) is 9.97 Å². The van der Waals surface area contributed by atoms with Crippen LogP contribution in [0, 0.1) is 0 Å². The van der Waals surface area contributed by atoms with Crippen LogP contribution < -0.4 is 14.8 Å². The van der Waals surface area contributed by atoms with Crippen LogP contribution >= 0.6 is 28.3 Å². The first-order valence-electron chi connectivity index (χ1n) is 6.61. The number of nitrogens with zero attached hydrogens (tertiary/aromatic N) is 2. The number of nitrogens with one attached hydrogen (secondary N) is 1. The van der Waals surface area contributed by atoms with Gasteiger partial charge in [0.1, 0.15) is 23.6 Å². The zero-order valence-corrected chi connectivity index (χ0v) is 14.9. The molecule has 3 aromatic rings. The minimum atomic E-state index is 0. The fourth-order valence-electron chi connectivity index (χ4n) is 2.20. The highest BCUT2D eigenvalue weighted by atomic mass is 79.9. The van der Waals surface area contributed by atoms with E-state index in [1.165, 1.54) is 6.33 Å². The van der Waals surface area contributed by atoms with Crippen molar-refractivity contribution in [2.45, 2.75) is 0 Å². The van der Waals surface area contributed by atoms with Crippen molar-refractivity contribution in [3.8, 4) is 11.5 Å². The first kappa shape index (κ1) is 17.3. The second kappa shape index (κ2) is 7.48. The predicted octanol–water partition coefficient (Wildman–Crippen LogP) is 4.57. The van der Waals surface area contributed by atoms with E-state index in [0.29, 0.717) is 5.82 Å². The molecule has 0 saturated carbocycles. The van der Waals surface area contributed by atoms with Gasteiger partial charge in [-0.2, -0.15) is 0 Å². The van der Waals surface area contributed by atoms with E-state index in [0.717, 1.165) is 32.6 Å². The summed E-state index contributed by atoms with van der Waals surface area (Å²) < 4.78 is 11.6. The molecule has 1 aromatic heterocycles. The third kappa shape index (κ3) is 3.48. The van der Waals surface area contributed by atoms with Crippen LogP contribution in [0.15, 0.2) is 47.2 Å². The Hall–Kier alpha value is -2.05. The van der Waals surface area contributed by atoms with Gasteiger partial charge in [0.05, 0.1) is 30.8 Å². The second-order valence-corrected chi connectivity index (χ2v) is 5.40. The summed E-state index contributed by atoms with van der Waals surface area (Å²) in [5, 5.41) is 4.14. The Labute approximate surface area is 148 Å². The predicted molar refractivity (Wildman–Crippen MR) is 97.3 cm³/mol. The maximum absolute atomic E-state index is 5.42. The lowest BCUT2D eigenvalue weighted by Gasteiger charge is -2.13. The minimum Gasteiger partial charge on any atom is -0.497 e. The summed E-state index contributed by atoms with van der Waals surface area (Å²) in [5.74, 6) is 2.16. The fraction of sp³-hybridized carbons (Fsp3) is 0.125. The van der Waals surface area contributed by atoms with E-state index in [2.05, 4.69) is 31.2 Å². The minimum absolute atomic E-state index is 0. The van der Waals surface area contributed by atoms with E-state index in [-0.39, 0.29) is 12.4 Å². The molecule has 5 nitrogen and oxygen atoms in total. The fourth-order valence-corrected chi connectivity index (χ4v) is 2.54. The van der Waals surface area contributed by atoms with Crippen molar-refractivity contribution in [2.75, 3.05) is 19.5 Å². The van der Waals surface area contributed by atoms with Crippen LogP contribution in [0.5, 0.6) is 11.5 Å². The van der Waals surface area contributed by atoms with Gasteiger partial charge < -0.3 is 14.8 Å². The first-order valence-corrected chi connectivity index (χ1v) is 7.40. The van der Waals surface area contributed by atoms with Gasteiger partial charge in [0.15, 0.2) is 0 Å². The van der Waals surface area contributed by atoms with Gasteiger partial charge in [-0.1, -0.05) is 6.07 Å². The molecular formula is C16H15BrClN3O2. The molecule has 1 heterocycles. The molecule has 0 aliphatic rings. The molecule has 0 atom stereocenters. The highest BCUT2D eigenvalue weighted by Gasteiger charge is 2.11. The largest absolute Gasteiger partial charge is 0.497 e.